The Morgan fingerprint density at radius 1 is 0.792 bits per heavy atom. The van der Waals surface area contributed by atoms with E-state index in [0.29, 0.717) is 16.9 Å². The third-order valence-electron chi connectivity index (χ3n) is 3.50. The van der Waals surface area contributed by atoms with Gasteiger partial charge in [-0.15, -0.1) is 5.11 Å². The third-order valence-corrected chi connectivity index (χ3v) is 3.50. The van der Waals surface area contributed by atoms with E-state index in [1.165, 1.54) is 0 Å². The standard InChI is InChI=1S/C20H17N3O/c1-15-11-13-16(14-12-15)20(24)21-18-9-5-6-10-19(18)23-22-17-7-3-2-4-8-17/h2-14H,1H3,(H,21,24). The number of carbonyl (C=O) groups is 1. The number of nitrogens with one attached hydrogen (secondary N) is 1. The lowest BCUT2D eigenvalue weighted by Crippen LogP contribution is -2.11. The van der Waals surface area contributed by atoms with Crippen molar-refractivity contribution in [1.29, 1.82) is 0 Å². The zero-order valence-electron chi connectivity index (χ0n) is 13.3. The fourth-order valence-corrected chi connectivity index (χ4v) is 2.17. The summed E-state index contributed by atoms with van der Waals surface area (Å²) in [7, 11) is 0. The lowest BCUT2D eigenvalue weighted by atomic mass is 10.1. The Kier molecular flexibility index (Phi) is 4.77. The summed E-state index contributed by atoms with van der Waals surface area (Å²) in [5, 5.41) is 11.3. The molecule has 4 heteroatoms. The van der Waals surface area contributed by atoms with Gasteiger partial charge in [-0.1, -0.05) is 48.0 Å². The lowest BCUT2D eigenvalue weighted by Gasteiger charge is -2.07. The van der Waals surface area contributed by atoms with E-state index >= 15 is 0 Å². The number of para-hydroxylation sites is 1. The van der Waals surface area contributed by atoms with Gasteiger partial charge in [-0.3, -0.25) is 4.79 Å². The Morgan fingerprint density at radius 2 is 1.46 bits per heavy atom. The average molecular weight is 315 g/mol. The van der Waals surface area contributed by atoms with Crippen molar-refractivity contribution >= 4 is 23.0 Å². The van der Waals surface area contributed by atoms with E-state index in [1.807, 2.05) is 73.7 Å². The van der Waals surface area contributed by atoms with Crippen molar-refractivity contribution in [1.82, 2.24) is 0 Å². The first kappa shape index (κ1) is 15.6. The minimum absolute atomic E-state index is 0.169. The Labute approximate surface area is 140 Å². The van der Waals surface area contributed by atoms with Crippen LogP contribution in [-0.2, 0) is 0 Å². The van der Waals surface area contributed by atoms with E-state index in [4.69, 9.17) is 0 Å². The first-order valence-electron chi connectivity index (χ1n) is 7.66. The Hall–Kier alpha value is -3.27. The zero-order valence-corrected chi connectivity index (χ0v) is 13.3. The topological polar surface area (TPSA) is 53.8 Å². The van der Waals surface area contributed by atoms with Gasteiger partial charge >= 0.3 is 0 Å². The molecule has 0 spiro atoms. The minimum atomic E-state index is -0.169. The van der Waals surface area contributed by atoms with Crippen LogP contribution in [0.25, 0.3) is 0 Å². The number of amides is 1. The predicted octanol–water partition coefficient (Wildman–Crippen LogP) is 5.66. The van der Waals surface area contributed by atoms with Gasteiger partial charge in [0.05, 0.1) is 11.4 Å². The van der Waals surface area contributed by atoms with E-state index in [0.717, 1.165) is 11.3 Å². The van der Waals surface area contributed by atoms with Crippen molar-refractivity contribution < 1.29 is 4.79 Å². The van der Waals surface area contributed by atoms with E-state index in [1.54, 1.807) is 12.1 Å². The molecule has 4 nitrogen and oxygen atoms in total. The maximum absolute atomic E-state index is 12.4. The lowest BCUT2D eigenvalue weighted by molar-refractivity contribution is 0.102. The highest BCUT2D eigenvalue weighted by atomic mass is 16.1. The number of aryl methyl sites for hydroxylation is 1. The molecule has 3 aromatic carbocycles. The highest BCUT2D eigenvalue weighted by molar-refractivity contribution is 6.05. The maximum Gasteiger partial charge on any atom is 0.255 e. The first-order valence-corrected chi connectivity index (χ1v) is 7.66. The molecule has 0 atom stereocenters. The largest absolute Gasteiger partial charge is 0.320 e. The van der Waals surface area contributed by atoms with E-state index in [-0.39, 0.29) is 5.91 Å². The number of hydrogen-bond acceptors (Lipinski definition) is 3. The summed E-state index contributed by atoms with van der Waals surface area (Å²) in [5.41, 5.74) is 3.72. The summed E-state index contributed by atoms with van der Waals surface area (Å²) < 4.78 is 0. The molecular formula is C20H17N3O. The molecule has 1 amide bonds. The minimum Gasteiger partial charge on any atom is -0.320 e. The molecule has 1 N–H and O–H groups in total. The van der Waals surface area contributed by atoms with Crippen LogP contribution in [0.4, 0.5) is 17.1 Å². The Morgan fingerprint density at radius 3 is 2.21 bits per heavy atom. The van der Waals surface area contributed by atoms with Gasteiger partial charge in [-0.25, -0.2) is 0 Å². The second kappa shape index (κ2) is 7.33. The number of rotatable bonds is 4. The smallest absolute Gasteiger partial charge is 0.255 e. The monoisotopic (exact) mass is 315 g/mol. The number of benzene rings is 3. The molecule has 0 aliphatic carbocycles. The van der Waals surface area contributed by atoms with Crippen LogP contribution in [0.2, 0.25) is 0 Å². The number of anilines is 1. The second-order valence-electron chi connectivity index (χ2n) is 5.37. The van der Waals surface area contributed by atoms with Crippen molar-refractivity contribution in [3.63, 3.8) is 0 Å². The fraction of sp³-hybridized carbons (Fsp3) is 0.0500. The highest BCUT2D eigenvalue weighted by Crippen LogP contribution is 2.27. The summed E-state index contributed by atoms with van der Waals surface area (Å²) in [6.45, 7) is 1.99. The van der Waals surface area contributed by atoms with Crippen LogP contribution in [0.3, 0.4) is 0 Å². The van der Waals surface area contributed by atoms with Gasteiger partial charge < -0.3 is 5.32 Å². The third kappa shape index (κ3) is 3.93. The number of carbonyl (C=O) groups excluding carboxylic acids is 1. The van der Waals surface area contributed by atoms with E-state index < -0.39 is 0 Å². The van der Waals surface area contributed by atoms with Crippen LogP contribution in [-0.4, -0.2) is 5.91 Å². The Bertz CT molecular complexity index is 856. The summed E-state index contributed by atoms with van der Waals surface area (Å²) >= 11 is 0. The van der Waals surface area contributed by atoms with Crippen LogP contribution in [0.15, 0.2) is 89.1 Å². The van der Waals surface area contributed by atoms with Gasteiger partial charge in [0.2, 0.25) is 0 Å². The molecule has 0 aromatic heterocycles. The quantitative estimate of drug-likeness (QED) is 0.620. The maximum atomic E-state index is 12.4. The van der Waals surface area contributed by atoms with Crippen molar-refractivity contribution in [2.24, 2.45) is 10.2 Å². The van der Waals surface area contributed by atoms with Crippen LogP contribution in [0.1, 0.15) is 15.9 Å². The molecule has 0 saturated carbocycles. The van der Waals surface area contributed by atoms with Crippen LogP contribution < -0.4 is 5.32 Å². The van der Waals surface area contributed by atoms with Gasteiger partial charge in [0.25, 0.3) is 5.91 Å². The molecule has 0 aliphatic heterocycles. The van der Waals surface area contributed by atoms with Gasteiger partial charge in [-0.2, -0.15) is 5.11 Å². The molecule has 0 radical (unpaired) electrons. The SMILES string of the molecule is Cc1ccc(C(=O)Nc2ccccc2N=Nc2ccccc2)cc1. The average Bonchev–Trinajstić information content (AvgIpc) is 2.62. The van der Waals surface area contributed by atoms with Gasteiger partial charge in [-0.05, 0) is 43.3 Å². The Balaban J connectivity index is 1.80. The molecule has 0 saturated heterocycles. The molecule has 118 valence electrons. The van der Waals surface area contributed by atoms with Crippen LogP contribution in [0, 0.1) is 6.92 Å². The van der Waals surface area contributed by atoms with Gasteiger partial charge in [0.1, 0.15) is 5.69 Å². The second-order valence-corrected chi connectivity index (χ2v) is 5.37. The van der Waals surface area contributed by atoms with Crippen LogP contribution >= 0.6 is 0 Å². The van der Waals surface area contributed by atoms with Crippen molar-refractivity contribution in [2.75, 3.05) is 5.32 Å². The normalized spacial score (nSPS) is 10.7. The van der Waals surface area contributed by atoms with E-state index in [9.17, 15) is 4.79 Å². The zero-order chi connectivity index (χ0) is 16.8. The molecule has 0 heterocycles. The fourth-order valence-electron chi connectivity index (χ4n) is 2.17. The summed E-state index contributed by atoms with van der Waals surface area (Å²) in [6.07, 6.45) is 0. The van der Waals surface area contributed by atoms with Crippen molar-refractivity contribution in [2.45, 2.75) is 6.92 Å². The summed E-state index contributed by atoms with van der Waals surface area (Å²) in [6, 6.07) is 24.3. The number of hydrogen-bond donors (Lipinski definition) is 1. The molecule has 24 heavy (non-hydrogen) atoms. The molecule has 0 bridgehead atoms. The summed E-state index contributed by atoms with van der Waals surface area (Å²) in [4.78, 5) is 12.4. The molecule has 3 aromatic rings. The molecule has 0 aliphatic rings. The van der Waals surface area contributed by atoms with Crippen LogP contribution in [0.5, 0.6) is 0 Å². The molecule has 3 rings (SSSR count). The summed E-state index contributed by atoms with van der Waals surface area (Å²) in [5.74, 6) is -0.169. The van der Waals surface area contributed by atoms with E-state index in [2.05, 4.69) is 15.5 Å². The van der Waals surface area contributed by atoms with Crippen molar-refractivity contribution in [3.8, 4) is 0 Å². The predicted molar refractivity (Wildman–Crippen MR) is 96.2 cm³/mol. The number of nitrogens with zero attached hydrogens (tertiary/aromatic N) is 2. The molecule has 0 fully saturated rings. The van der Waals surface area contributed by atoms with Gasteiger partial charge in [0, 0.05) is 5.56 Å². The molecular weight excluding hydrogens is 298 g/mol. The molecule has 0 unspecified atom stereocenters. The van der Waals surface area contributed by atoms with Crippen molar-refractivity contribution in [3.05, 3.63) is 90.0 Å². The first-order chi connectivity index (χ1) is 11.7. The highest BCUT2D eigenvalue weighted by Gasteiger charge is 2.08. The number of azo groups is 1. The van der Waals surface area contributed by atoms with Gasteiger partial charge in [0.15, 0.2) is 0 Å².